The minimum Gasteiger partial charge on any atom is -0.444 e. The molecular weight excluding hydrogens is 362 g/mol. The van der Waals surface area contributed by atoms with Gasteiger partial charge in [-0.25, -0.2) is 4.79 Å². The quantitative estimate of drug-likeness (QED) is 0.743. The Morgan fingerprint density at radius 2 is 1.79 bits per heavy atom. The summed E-state index contributed by atoms with van der Waals surface area (Å²) in [6.07, 6.45) is 3.00. The molecule has 2 heterocycles. The predicted octanol–water partition coefficient (Wildman–Crippen LogP) is 4.85. The van der Waals surface area contributed by atoms with Crippen molar-refractivity contribution in [3.05, 3.63) is 53.3 Å². The Hall–Kier alpha value is -2.30. The van der Waals surface area contributed by atoms with E-state index >= 15 is 0 Å². The molecule has 1 saturated heterocycles. The van der Waals surface area contributed by atoms with Crippen LogP contribution >= 0.6 is 0 Å². The summed E-state index contributed by atoms with van der Waals surface area (Å²) >= 11 is 0. The minimum absolute atomic E-state index is 0.160. The third kappa shape index (κ3) is 4.49. The highest BCUT2D eigenvalue weighted by Crippen LogP contribution is 2.46. The summed E-state index contributed by atoms with van der Waals surface area (Å²) in [4.78, 5) is 14.3. The number of benzene rings is 1. The second kappa shape index (κ2) is 7.85. The van der Waals surface area contributed by atoms with E-state index in [1.807, 2.05) is 25.7 Å². The minimum atomic E-state index is -0.430. The Kier molecular flexibility index (Phi) is 5.41. The SMILES string of the molecule is CCn1nc(Cc2ccccc2)cc1C1CC2CN(C(=O)OC(C)(C)C)CC2C1. The summed E-state index contributed by atoms with van der Waals surface area (Å²) in [5.41, 5.74) is 3.40. The van der Waals surface area contributed by atoms with Crippen molar-refractivity contribution < 1.29 is 9.53 Å². The van der Waals surface area contributed by atoms with Crippen molar-refractivity contribution in [3.8, 4) is 0 Å². The van der Waals surface area contributed by atoms with Gasteiger partial charge in [0.1, 0.15) is 5.60 Å². The van der Waals surface area contributed by atoms with E-state index in [-0.39, 0.29) is 6.09 Å². The summed E-state index contributed by atoms with van der Waals surface area (Å²) in [6, 6.07) is 12.9. The molecule has 4 rings (SSSR count). The van der Waals surface area contributed by atoms with Gasteiger partial charge < -0.3 is 9.64 Å². The number of rotatable bonds is 4. The van der Waals surface area contributed by atoms with Crippen molar-refractivity contribution in [1.82, 2.24) is 14.7 Å². The van der Waals surface area contributed by atoms with Gasteiger partial charge in [0.15, 0.2) is 0 Å². The normalized spacial score (nSPS) is 24.0. The van der Waals surface area contributed by atoms with E-state index < -0.39 is 5.60 Å². The van der Waals surface area contributed by atoms with Crippen LogP contribution in [-0.2, 0) is 17.7 Å². The number of carbonyl (C=O) groups excluding carboxylic acids is 1. The van der Waals surface area contributed by atoms with Crippen LogP contribution in [0.1, 0.15) is 63.4 Å². The van der Waals surface area contributed by atoms with Crippen molar-refractivity contribution in [2.75, 3.05) is 13.1 Å². The Labute approximate surface area is 174 Å². The van der Waals surface area contributed by atoms with Gasteiger partial charge in [0, 0.05) is 37.7 Å². The average molecular weight is 396 g/mol. The lowest BCUT2D eigenvalue weighted by atomic mass is 10.00. The Morgan fingerprint density at radius 1 is 1.14 bits per heavy atom. The van der Waals surface area contributed by atoms with Crippen LogP contribution in [0.25, 0.3) is 0 Å². The maximum absolute atomic E-state index is 12.4. The molecule has 2 fully saturated rings. The molecule has 0 radical (unpaired) electrons. The summed E-state index contributed by atoms with van der Waals surface area (Å²) < 4.78 is 7.76. The van der Waals surface area contributed by atoms with Crippen LogP contribution in [0, 0.1) is 11.8 Å². The fourth-order valence-corrected chi connectivity index (χ4v) is 4.98. The van der Waals surface area contributed by atoms with Crippen LogP contribution in [0.5, 0.6) is 0 Å². The number of aryl methyl sites for hydroxylation is 1. The van der Waals surface area contributed by atoms with Crippen LogP contribution < -0.4 is 0 Å². The van der Waals surface area contributed by atoms with Crippen LogP contribution in [0.2, 0.25) is 0 Å². The molecule has 5 heteroatoms. The zero-order chi connectivity index (χ0) is 20.6. The van der Waals surface area contributed by atoms with Crippen molar-refractivity contribution >= 4 is 6.09 Å². The standard InChI is InChI=1S/C24H33N3O2/c1-5-27-22(14-21(25-27)11-17-9-7-6-8-10-17)18-12-19-15-26(16-20(19)13-18)23(28)29-24(2,3)4/h6-10,14,18-20H,5,11-13,15-16H2,1-4H3. The molecule has 1 aromatic carbocycles. The Bertz CT molecular complexity index is 839. The summed E-state index contributed by atoms with van der Waals surface area (Å²) in [5.74, 6) is 1.69. The molecule has 5 nitrogen and oxygen atoms in total. The number of hydrogen-bond donors (Lipinski definition) is 0. The van der Waals surface area contributed by atoms with Gasteiger partial charge >= 0.3 is 6.09 Å². The first-order chi connectivity index (χ1) is 13.8. The number of carbonyl (C=O) groups is 1. The fraction of sp³-hybridized carbons (Fsp3) is 0.583. The van der Waals surface area contributed by atoms with Crippen LogP contribution in [0.4, 0.5) is 4.79 Å². The molecule has 1 saturated carbocycles. The third-order valence-electron chi connectivity index (χ3n) is 6.21. The molecule has 2 atom stereocenters. The zero-order valence-corrected chi connectivity index (χ0v) is 18.1. The molecule has 0 spiro atoms. The van der Waals surface area contributed by atoms with E-state index in [1.165, 1.54) is 11.3 Å². The highest BCUT2D eigenvalue weighted by Gasteiger charge is 2.44. The third-order valence-corrected chi connectivity index (χ3v) is 6.21. The van der Waals surface area contributed by atoms with E-state index in [0.29, 0.717) is 17.8 Å². The second-order valence-electron chi connectivity index (χ2n) is 9.61. The molecule has 1 aromatic heterocycles. The Balaban J connectivity index is 1.41. The number of aromatic nitrogens is 2. The smallest absolute Gasteiger partial charge is 0.410 e. The number of amides is 1. The molecule has 2 aliphatic rings. The number of nitrogens with zero attached hydrogens (tertiary/aromatic N) is 3. The highest BCUT2D eigenvalue weighted by atomic mass is 16.6. The van der Waals surface area contributed by atoms with Gasteiger partial charge in [-0.2, -0.15) is 5.10 Å². The molecule has 0 N–H and O–H groups in total. The molecule has 2 unspecified atom stereocenters. The number of ether oxygens (including phenoxy) is 1. The van der Waals surface area contributed by atoms with Crippen molar-refractivity contribution in [2.24, 2.45) is 11.8 Å². The molecule has 156 valence electrons. The fourth-order valence-electron chi connectivity index (χ4n) is 4.98. The number of fused-ring (bicyclic) bond motifs is 1. The van der Waals surface area contributed by atoms with Gasteiger partial charge in [-0.15, -0.1) is 0 Å². The molecular formula is C24H33N3O2. The lowest BCUT2D eigenvalue weighted by Gasteiger charge is -2.25. The van der Waals surface area contributed by atoms with Gasteiger partial charge in [-0.1, -0.05) is 30.3 Å². The van der Waals surface area contributed by atoms with Gasteiger partial charge in [0.25, 0.3) is 0 Å². The van der Waals surface area contributed by atoms with E-state index in [0.717, 1.165) is 44.6 Å². The molecule has 2 aromatic rings. The molecule has 29 heavy (non-hydrogen) atoms. The largest absolute Gasteiger partial charge is 0.444 e. The molecule has 1 aliphatic heterocycles. The molecule has 0 bridgehead atoms. The number of hydrogen-bond acceptors (Lipinski definition) is 3. The van der Waals surface area contributed by atoms with Gasteiger partial charge in [-0.05, 0) is 64.0 Å². The first-order valence-electron chi connectivity index (χ1n) is 10.9. The van der Waals surface area contributed by atoms with E-state index in [4.69, 9.17) is 9.84 Å². The highest BCUT2D eigenvalue weighted by molar-refractivity contribution is 5.68. The summed E-state index contributed by atoms with van der Waals surface area (Å²) in [6.45, 7) is 10.5. The molecule has 1 aliphatic carbocycles. The van der Waals surface area contributed by atoms with Gasteiger partial charge in [0.05, 0.1) is 5.69 Å². The summed E-state index contributed by atoms with van der Waals surface area (Å²) in [7, 11) is 0. The number of likely N-dealkylation sites (tertiary alicyclic amines) is 1. The maximum atomic E-state index is 12.4. The maximum Gasteiger partial charge on any atom is 0.410 e. The van der Waals surface area contributed by atoms with E-state index in [1.54, 1.807) is 0 Å². The van der Waals surface area contributed by atoms with Crippen molar-refractivity contribution in [2.45, 2.75) is 65.0 Å². The first-order valence-corrected chi connectivity index (χ1v) is 10.9. The lowest BCUT2D eigenvalue weighted by Crippen LogP contribution is -2.36. The topological polar surface area (TPSA) is 47.4 Å². The molecule has 1 amide bonds. The van der Waals surface area contributed by atoms with Gasteiger partial charge in [-0.3, -0.25) is 4.68 Å². The predicted molar refractivity (Wildman–Crippen MR) is 114 cm³/mol. The summed E-state index contributed by atoms with van der Waals surface area (Å²) in [5, 5.41) is 4.88. The monoisotopic (exact) mass is 395 g/mol. The lowest BCUT2D eigenvalue weighted by molar-refractivity contribution is 0.0279. The first kappa shape index (κ1) is 20.0. The van der Waals surface area contributed by atoms with Gasteiger partial charge in [0.2, 0.25) is 0 Å². The van der Waals surface area contributed by atoms with Crippen LogP contribution in [0.3, 0.4) is 0 Å². The van der Waals surface area contributed by atoms with Crippen LogP contribution in [-0.4, -0.2) is 39.5 Å². The van der Waals surface area contributed by atoms with Crippen LogP contribution in [0.15, 0.2) is 36.4 Å². The average Bonchev–Trinajstić information content (AvgIpc) is 3.33. The van der Waals surface area contributed by atoms with E-state index in [2.05, 4.69) is 48.0 Å². The second-order valence-corrected chi connectivity index (χ2v) is 9.61. The van der Waals surface area contributed by atoms with E-state index in [9.17, 15) is 4.79 Å². The Morgan fingerprint density at radius 3 is 2.38 bits per heavy atom. The van der Waals surface area contributed by atoms with Crippen molar-refractivity contribution in [1.29, 1.82) is 0 Å². The zero-order valence-electron chi connectivity index (χ0n) is 18.1. The van der Waals surface area contributed by atoms with Crippen molar-refractivity contribution in [3.63, 3.8) is 0 Å².